The van der Waals surface area contributed by atoms with E-state index in [1.54, 1.807) is 0 Å². The van der Waals surface area contributed by atoms with E-state index in [4.69, 9.17) is 9.73 Å². The molecule has 5 heteroatoms. The molecule has 2 aromatic carbocycles. The molecule has 132 valence electrons. The van der Waals surface area contributed by atoms with Crippen molar-refractivity contribution in [3.8, 4) is 6.07 Å². The number of benzene rings is 2. The monoisotopic (exact) mass is 346 g/mol. The first kappa shape index (κ1) is 16.6. The van der Waals surface area contributed by atoms with Crippen molar-refractivity contribution in [3.63, 3.8) is 0 Å². The highest BCUT2D eigenvalue weighted by molar-refractivity contribution is 6.09. The van der Waals surface area contributed by atoms with Gasteiger partial charge in [-0.1, -0.05) is 29.8 Å². The van der Waals surface area contributed by atoms with Gasteiger partial charge in [-0.3, -0.25) is 4.99 Å². The first-order chi connectivity index (χ1) is 12.7. The summed E-state index contributed by atoms with van der Waals surface area (Å²) in [6.45, 7) is 4.14. The number of hydrogen-bond donors (Lipinski definition) is 2. The van der Waals surface area contributed by atoms with Crippen LogP contribution in [-0.2, 0) is 11.3 Å². The first-order valence-electron chi connectivity index (χ1n) is 8.96. The second-order valence-corrected chi connectivity index (χ2v) is 6.97. The van der Waals surface area contributed by atoms with E-state index < -0.39 is 0 Å². The molecular weight excluding hydrogens is 324 g/mol. The number of amidine groups is 1. The maximum Gasteiger partial charge on any atom is 0.127 e. The van der Waals surface area contributed by atoms with Crippen molar-refractivity contribution in [1.29, 1.82) is 5.26 Å². The van der Waals surface area contributed by atoms with Crippen molar-refractivity contribution in [2.45, 2.75) is 31.8 Å². The highest BCUT2D eigenvalue weighted by Gasteiger charge is 2.41. The standard InChI is InChI=1S/C21H22N4O/c1-15-3-2-4-17(11-15)14-23-20-21(7-9-26-10-8-21)25-19-12-16(13-22)5-6-18(19)24-20/h2-6,11-12,25H,7-10,14H2,1H3,(H,23,24). The molecule has 0 unspecified atom stereocenters. The van der Waals surface area contributed by atoms with E-state index in [1.807, 2.05) is 18.2 Å². The summed E-state index contributed by atoms with van der Waals surface area (Å²) >= 11 is 0. The van der Waals surface area contributed by atoms with Gasteiger partial charge in [0.15, 0.2) is 0 Å². The van der Waals surface area contributed by atoms with E-state index in [0.29, 0.717) is 25.3 Å². The topological polar surface area (TPSA) is 69.4 Å². The van der Waals surface area contributed by atoms with Crippen molar-refractivity contribution < 1.29 is 4.74 Å². The lowest BCUT2D eigenvalue weighted by atomic mass is 9.85. The number of nitriles is 1. The van der Waals surface area contributed by atoms with Crippen LogP contribution >= 0.6 is 0 Å². The molecule has 2 N–H and O–H groups in total. The van der Waals surface area contributed by atoms with E-state index in [-0.39, 0.29) is 5.54 Å². The van der Waals surface area contributed by atoms with Gasteiger partial charge in [0.05, 0.1) is 35.1 Å². The molecule has 2 aromatic rings. The largest absolute Gasteiger partial charge is 0.381 e. The molecule has 2 aliphatic heterocycles. The normalized spacial score (nSPS) is 19.3. The van der Waals surface area contributed by atoms with Crippen molar-refractivity contribution in [1.82, 2.24) is 0 Å². The van der Waals surface area contributed by atoms with Gasteiger partial charge in [0, 0.05) is 26.1 Å². The third-order valence-electron chi connectivity index (χ3n) is 5.08. The summed E-state index contributed by atoms with van der Waals surface area (Å²) in [6, 6.07) is 16.3. The number of anilines is 2. The smallest absolute Gasteiger partial charge is 0.127 e. The average Bonchev–Trinajstić information content (AvgIpc) is 2.66. The molecule has 0 aliphatic carbocycles. The Kier molecular flexibility index (Phi) is 4.36. The molecule has 1 spiro atoms. The van der Waals surface area contributed by atoms with Crippen LogP contribution in [0.25, 0.3) is 0 Å². The van der Waals surface area contributed by atoms with Crippen LogP contribution in [0.1, 0.15) is 29.5 Å². The minimum Gasteiger partial charge on any atom is -0.381 e. The SMILES string of the molecule is Cc1cccc(CN=C2Nc3ccc(C#N)cc3NC23CCOCC3)c1. The number of aliphatic imine (C=N–C) groups is 1. The Labute approximate surface area is 153 Å². The van der Waals surface area contributed by atoms with Crippen LogP contribution in [-0.4, -0.2) is 24.6 Å². The summed E-state index contributed by atoms with van der Waals surface area (Å²) in [5.41, 5.74) is 4.76. The molecule has 0 amide bonds. The lowest BCUT2D eigenvalue weighted by Gasteiger charge is -2.43. The fourth-order valence-corrected chi connectivity index (χ4v) is 3.64. The van der Waals surface area contributed by atoms with Crippen LogP contribution < -0.4 is 10.6 Å². The molecular formula is C21H22N4O. The second-order valence-electron chi connectivity index (χ2n) is 6.97. The fourth-order valence-electron chi connectivity index (χ4n) is 3.64. The van der Waals surface area contributed by atoms with Gasteiger partial charge in [-0.25, -0.2) is 0 Å². The van der Waals surface area contributed by atoms with Crippen molar-refractivity contribution in [2.24, 2.45) is 4.99 Å². The van der Waals surface area contributed by atoms with Gasteiger partial charge in [0.2, 0.25) is 0 Å². The van der Waals surface area contributed by atoms with Crippen LogP contribution in [0, 0.1) is 18.3 Å². The van der Waals surface area contributed by atoms with E-state index >= 15 is 0 Å². The summed E-state index contributed by atoms with van der Waals surface area (Å²) in [5.74, 6) is 0.958. The van der Waals surface area contributed by atoms with Gasteiger partial charge in [-0.05, 0) is 30.7 Å². The molecule has 5 nitrogen and oxygen atoms in total. The summed E-state index contributed by atoms with van der Waals surface area (Å²) in [4.78, 5) is 4.94. The second kappa shape index (κ2) is 6.81. The Morgan fingerprint density at radius 1 is 1.15 bits per heavy atom. The van der Waals surface area contributed by atoms with Crippen LogP contribution in [0.2, 0.25) is 0 Å². The Morgan fingerprint density at radius 3 is 2.77 bits per heavy atom. The highest BCUT2D eigenvalue weighted by Crippen LogP contribution is 2.37. The number of aryl methyl sites for hydroxylation is 1. The van der Waals surface area contributed by atoms with Crippen molar-refractivity contribution in [3.05, 3.63) is 59.2 Å². The maximum atomic E-state index is 9.18. The van der Waals surface area contributed by atoms with E-state index in [2.05, 4.69) is 47.9 Å². The zero-order valence-electron chi connectivity index (χ0n) is 14.9. The molecule has 0 saturated carbocycles. The number of nitrogens with zero attached hydrogens (tertiary/aromatic N) is 2. The third-order valence-corrected chi connectivity index (χ3v) is 5.08. The number of hydrogen-bond acceptors (Lipinski definition) is 4. The van der Waals surface area contributed by atoms with E-state index in [9.17, 15) is 5.26 Å². The predicted molar refractivity (Wildman–Crippen MR) is 104 cm³/mol. The molecule has 26 heavy (non-hydrogen) atoms. The molecule has 1 saturated heterocycles. The maximum absolute atomic E-state index is 9.18. The minimum atomic E-state index is -0.261. The number of rotatable bonds is 2. The molecule has 1 fully saturated rings. The molecule has 0 bridgehead atoms. The Bertz CT molecular complexity index is 891. The highest BCUT2D eigenvalue weighted by atomic mass is 16.5. The van der Waals surface area contributed by atoms with E-state index in [0.717, 1.165) is 30.1 Å². The van der Waals surface area contributed by atoms with Gasteiger partial charge in [0.1, 0.15) is 5.84 Å². The third kappa shape index (κ3) is 3.16. The number of fused-ring (bicyclic) bond motifs is 1. The minimum absolute atomic E-state index is 0.261. The summed E-state index contributed by atoms with van der Waals surface area (Å²) in [7, 11) is 0. The lowest BCUT2D eigenvalue weighted by Crippen LogP contribution is -2.55. The number of nitrogens with one attached hydrogen (secondary N) is 2. The molecule has 0 radical (unpaired) electrons. The first-order valence-corrected chi connectivity index (χ1v) is 8.96. The van der Waals surface area contributed by atoms with E-state index in [1.165, 1.54) is 11.1 Å². The zero-order valence-corrected chi connectivity index (χ0v) is 14.9. The predicted octanol–water partition coefficient (Wildman–Crippen LogP) is 3.85. The molecule has 2 aliphatic rings. The Morgan fingerprint density at radius 2 is 2.00 bits per heavy atom. The van der Waals surface area contributed by atoms with Crippen LogP contribution in [0.15, 0.2) is 47.5 Å². The molecule has 0 aromatic heterocycles. The Balaban J connectivity index is 1.68. The molecule has 0 atom stereocenters. The van der Waals surface area contributed by atoms with Gasteiger partial charge in [-0.2, -0.15) is 5.26 Å². The van der Waals surface area contributed by atoms with Gasteiger partial charge < -0.3 is 15.4 Å². The quantitative estimate of drug-likeness (QED) is 0.866. The summed E-state index contributed by atoms with van der Waals surface area (Å²) in [5, 5.41) is 16.4. The van der Waals surface area contributed by atoms with Crippen molar-refractivity contribution in [2.75, 3.05) is 23.8 Å². The molecule has 2 heterocycles. The number of ether oxygens (including phenoxy) is 1. The van der Waals surface area contributed by atoms with Crippen LogP contribution in [0.3, 0.4) is 0 Å². The van der Waals surface area contributed by atoms with Crippen LogP contribution in [0.5, 0.6) is 0 Å². The Hall–Kier alpha value is -2.84. The summed E-state index contributed by atoms with van der Waals surface area (Å²) < 4.78 is 5.58. The van der Waals surface area contributed by atoms with Gasteiger partial charge in [0.25, 0.3) is 0 Å². The fraction of sp³-hybridized carbons (Fsp3) is 0.333. The average molecular weight is 346 g/mol. The van der Waals surface area contributed by atoms with Crippen molar-refractivity contribution >= 4 is 17.2 Å². The van der Waals surface area contributed by atoms with Gasteiger partial charge in [-0.15, -0.1) is 0 Å². The van der Waals surface area contributed by atoms with Gasteiger partial charge >= 0.3 is 0 Å². The zero-order chi connectivity index (χ0) is 18.0. The molecule has 4 rings (SSSR count). The summed E-state index contributed by atoms with van der Waals surface area (Å²) in [6.07, 6.45) is 1.70. The van der Waals surface area contributed by atoms with Crippen LogP contribution in [0.4, 0.5) is 11.4 Å². The lowest BCUT2D eigenvalue weighted by molar-refractivity contribution is 0.0778.